The van der Waals surface area contributed by atoms with Gasteiger partial charge in [0.1, 0.15) is 17.5 Å². The van der Waals surface area contributed by atoms with E-state index in [1.54, 1.807) is 6.92 Å². The molecule has 27 heavy (non-hydrogen) atoms. The number of nitrogens with zero attached hydrogens (tertiary/aromatic N) is 3. The smallest absolute Gasteiger partial charge is 0.312 e. The molecule has 8 heteroatoms. The van der Waals surface area contributed by atoms with Crippen molar-refractivity contribution in [2.45, 2.75) is 58.8 Å². The Morgan fingerprint density at radius 1 is 1.00 bits per heavy atom. The van der Waals surface area contributed by atoms with E-state index < -0.39 is 5.69 Å². The van der Waals surface area contributed by atoms with Crippen LogP contribution in [0.3, 0.4) is 0 Å². The predicted molar refractivity (Wildman–Crippen MR) is 105 cm³/mol. The van der Waals surface area contributed by atoms with Crippen molar-refractivity contribution in [2.24, 2.45) is 7.05 Å². The summed E-state index contributed by atoms with van der Waals surface area (Å²) in [6.07, 6.45) is 6.90. The molecule has 1 aliphatic rings. The van der Waals surface area contributed by atoms with Gasteiger partial charge >= 0.3 is 5.69 Å². The van der Waals surface area contributed by atoms with E-state index in [0.29, 0.717) is 35.1 Å². The van der Waals surface area contributed by atoms with Crippen molar-refractivity contribution < 1.29 is 0 Å². The number of hydrogen-bond acceptors (Lipinski definition) is 5. The third-order valence-corrected chi connectivity index (χ3v) is 5.11. The number of aryl methyl sites for hydroxylation is 1. The van der Waals surface area contributed by atoms with Crippen LogP contribution in [0.1, 0.15) is 62.4 Å². The highest BCUT2D eigenvalue weighted by molar-refractivity contribution is 5.67. The van der Waals surface area contributed by atoms with E-state index in [1.807, 2.05) is 4.90 Å². The number of aromatic nitrogens is 4. The van der Waals surface area contributed by atoms with Gasteiger partial charge < -0.3 is 9.88 Å². The first-order chi connectivity index (χ1) is 12.9. The van der Waals surface area contributed by atoms with Crippen LogP contribution in [0, 0.1) is 6.92 Å². The zero-order valence-electron chi connectivity index (χ0n) is 16.2. The van der Waals surface area contributed by atoms with E-state index in [0.717, 1.165) is 23.8 Å². The van der Waals surface area contributed by atoms with Gasteiger partial charge in [0.25, 0.3) is 11.1 Å². The van der Waals surface area contributed by atoms with Gasteiger partial charge in [0, 0.05) is 20.0 Å². The van der Waals surface area contributed by atoms with Crippen LogP contribution in [0.5, 0.6) is 0 Å². The molecule has 8 nitrogen and oxygen atoms in total. The largest absolute Gasteiger partial charge is 0.329 e. The number of unbranched alkanes of at least 4 members (excludes halogenated alkanes) is 5. The first kappa shape index (κ1) is 19.1. The fourth-order valence-electron chi connectivity index (χ4n) is 3.58. The minimum Gasteiger partial charge on any atom is -0.312 e. The molecule has 0 fully saturated rings. The van der Waals surface area contributed by atoms with Gasteiger partial charge in [-0.2, -0.15) is 0 Å². The Kier molecular flexibility index (Phi) is 5.62. The second-order valence-electron chi connectivity index (χ2n) is 7.17. The highest BCUT2D eigenvalue weighted by Crippen LogP contribution is 2.32. The Labute approximate surface area is 157 Å². The molecule has 3 rings (SSSR count). The average molecular weight is 373 g/mol. The standard InChI is InChI=1S/C19H27N5O3/c1-4-5-6-7-8-9-10-24-15-13(17(25)21-12(2)20-15)11-14-16(24)22-19(27)23(3)18(14)26/h4-11H2,1-3H3,(H,22,27)(H,20,21,25). The van der Waals surface area contributed by atoms with Crippen molar-refractivity contribution >= 4 is 11.6 Å². The van der Waals surface area contributed by atoms with Gasteiger partial charge in [0.2, 0.25) is 0 Å². The van der Waals surface area contributed by atoms with Crippen molar-refractivity contribution in [3.63, 3.8) is 0 Å². The van der Waals surface area contributed by atoms with E-state index in [1.165, 1.54) is 26.3 Å². The lowest BCUT2D eigenvalue weighted by Crippen LogP contribution is -2.42. The zero-order valence-corrected chi connectivity index (χ0v) is 16.2. The first-order valence-corrected chi connectivity index (χ1v) is 9.63. The maximum atomic E-state index is 12.6. The highest BCUT2D eigenvalue weighted by Gasteiger charge is 2.29. The molecule has 0 aromatic carbocycles. The molecule has 2 aromatic heterocycles. The molecule has 2 N–H and O–H groups in total. The van der Waals surface area contributed by atoms with Gasteiger partial charge in [-0.15, -0.1) is 0 Å². The van der Waals surface area contributed by atoms with Gasteiger partial charge in [-0.3, -0.25) is 19.1 Å². The third-order valence-electron chi connectivity index (χ3n) is 5.11. The minimum absolute atomic E-state index is 0.170. The van der Waals surface area contributed by atoms with Gasteiger partial charge in [-0.25, -0.2) is 9.78 Å². The zero-order chi connectivity index (χ0) is 19.6. The summed E-state index contributed by atoms with van der Waals surface area (Å²) >= 11 is 0. The minimum atomic E-state index is -0.461. The summed E-state index contributed by atoms with van der Waals surface area (Å²) in [4.78, 5) is 49.0. The molecule has 0 bridgehead atoms. The Hall–Kier alpha value is -2.64. The molecule has 0 amide bonds. The lowest BCUT2D eigenvalue weighted by molar-refractivity contribution is 0.604. The summed E-state index contributed by atoms with van der Waals surface area (Å²) < 4.78 is 1.04. The molecule has 0 radical (unpaired) electrons. The summed E-state index contributed by atoms with van der Waals surface area (Å²) in [6, 6.07) is 0. The highest BCUT2D eigenvalue weighted by atomic mass is 16.2. The molecule has 0 saturated carbocycles. The Bertz CT molecular complexity index is 1000. The fourth-order valence-corrected chi connectivity index (χ4v) is 3.58. The molecule has 146 valence electrons. The summed E-state index contributed by atoms with van der Waals surface area (Å²) in [5, 5.41) is 0. The number of H-pyrrole nitrogens is 2. The molecule has 1 aliphatic heterocycles. The normalized spacial score (nSPS) is 12.8. The number of rotatable bonds is 7. The maximum Gasteiger partial charge on any atom is 0.329 e. The molecule has 0 spiro atoms. The summed E-state index contributed by atoms with van der Waals surface area (Å²) in [5.41, 5.74) is -0.150. The molecule has 0 saturated heterocycles. The van der Waals surface area contributed by atoms with Gasteiger partial charge in [0.15, 0.2) is 0 Å². The molecule has 0 atom stereocenters. The molecule has 2 aromatic rings. The SMILES string of the molecule is CCCCCCCCN1c2nc(C)[nH]c(=O)c2Cc2c1[nH]c(=O)n(C)c2=O. The van der Waals surface area contributed by atoms with Crippen LogP contribution < -0.4 is 21.7 Å². The van der Waals surface area contributed by atoms with Gasteiger partial charge in [-0.1, -0.05) is 39.0 Å². The second kappa shape index (κ2) is 7.94. The van der Waals surface area contributed by atoms with Crippen molar-refractivity contribution in [2.75, 3.05) is 11.4 Å². The monoisotopic (exact) mass is 373 g/mol. The van der Waals surface area contributed by atoms with Crippen LogP contribution in [0.15, 0.2) is 14.4 Å². The van der Waals surface area contributed by atoms with Crippen molar-refractivity contribution in [1.82, 2.24) is 19.5 Å². The first-order valence-electron chi connectivity index (χ1n) is 9.63. The fraction of sp³-hybridized carbons (Fsp3) is 0.579. The van der Waals surface area contributed by atoms with Crippen LogP contribution in [-0.4, -0.2) is 26.1 Å². The number of aromatic amines is 2. The maximum absolute atomic E-state index is 12.6. The van der Waals surface area contributed by atoms with E-state index in [4.69, 9.17) is 0 Å². The predicted octanol–water partition coefficient (Wildman–Crippen LogP) is 1.87. The summed E-state index contributed by atoms with van der Waals surface area (Å²) in [7, 11) is 1.44. The number of hydrogen-bond donors (Lipinski definition) is 2. The molecular weight excluding hydrogens is 346 g/mol. The Morgan fingerprint density at radius 2 is 1.70 bits per heavy atom. The van der Waals surface area contributed by atoms with Gasteiger partial charge in [0.05, 0.1) is 11.1 Å². The molecule has 0 aliphatic carbocycles. The summed E-state index contributed by atoms with van der Waals surface area (Å²) in [6.45, 7) is 4.52. The molecule has 0 unspecified atom stereocenters. The topological polar surface area (TPSA) is 104 Å². The second-order valence-corrected chi connectivity index (χ2v) is 7.17. The van der Waals surface area contributed by atoms with Crippen LogP contribution in [-0.2, 0) is 13.5 Å². The van der Waals surface area contributed by atoms with Crippen LogP contribution in [0.4, 0.5) is 11.6 Å². The number of anilines is 2. The van der Waals surface area contributed by atoms with Crippen molar-refractivity contribution in [1.29, 1.82) is 0 Å². The Morgan fingerprint density at radius 3 is 2.44 bits per heavy atom. The van der Waals surface area contributed by atoms with Crippen LogP contribution in [0.2, 0.25) is 0 Å². The van der Waals surface area contributed by atoms with E-state index in [-0.39, 0.29) is 17.5 Å². The van der Waals surface area contributed by atoms with Crippen molar-refractivity contribution in [3.8, 4) is 0 Å². The lowest BCUT2D eigenvalue weighted by atomic mass is 10.0. The van der Waals surface area contributed by atoms with E-state index in [2.05, 4.69) is 21.9 Å². The third kappa shape index (κ3) is 3.74. The van der Waals surface area contributed by atoms with Crippen molar-refractivity contribution in [3.05, 3.63) is 48.1 Å². The van der Waals surface area contributed by atoms with E-state index >= 15 is 0 Å². The average Bonchev–Trinajstić information content (AvgIpc) is 2.63. The molecule has 3 heterocycles. The number of nitrogens with one attached hydrogen (secondary N) is 2. The van der Waals surface area contributed by atoms with Gasteiger partial charge in [-0.05, 0) is 13.3 Å². The summed E-state index contributed by atoms with van der Waals surface area (Å²) in [5.74, 6) is 1.53. The van der Waals surface area contributed by atoms with Crippen LogP contribution >= 0.6 is 0 Å². The van der Waals surface area contributed by atoms with Crippen LogP contribution in [0.25, 0.3) is 0 Å². The number of fused-ring (bicyclic) bond motifs is 2. The van der Waals surface area contributed by atoms with E-state index in [9.17, 15) is 14.4 Å². The molecular formula is C19H27N5O3. The lowest BCUT2D eigenvalue weighted by Gasteiger charge is -2.31. The quantitative estimate of drug-likeness (QED) is 0.721. The Balaban J connectivity index is 1.97.